The number of rotatable bonds is 4. The van der Waals surface area contributed by atoms with Crippen LogP contribution in [-0.2, 0) is 0 Å². The van der Waals surface area contributed by atoms with Crippen LogP contribution in [0.15, 0.2) is 42.6 Å². The van der Waals surface area contributed by atoms with Crippen LogP contribution in [0.1, 0.15) is 34.8 Å². The van der Waals surface area contributed by atoms with Crippen LogP contribution in [0.4, 0.5) is 0 Å². The molecule has 1 aliphatic rings. The number of hydrogen-bond donors (Lipinski definition) is 0. The lowest BCUT2D eigenvalue weighted by atomic mass is 10.0. The highest BCUT2D eigenvalue weighted by Gasteiger charge is 2.30. The van der Waals surface area contributed by atoms with Crippen molar-refractivity contribution in [2.45, 2.75) is 18.9 Å². The SMILES string of the molecule is COc1cccc([C@H]2CCCN2C(=O)c2ccc(OC)nc2)c1. The van der Waals surface area contributed by atoms with E-state index in [2.05, 4.69) is 4.98 Å². The zero-order chi connectivity index (χ0) is 16.2. The molecule has 1 aromatic heterocycles. The first-order chi connectivity index (χ1) is 11.2. The maximum atomic E-state index is 12.8. The summed E-state index contributed by atoms with van der Waals surface area (Å²) in [4.78, 5) is 18.8. The Morgan fingerprint density at radius 2 is 2.09 bits per heavy atom. The van der Waals surface area contributed by atoms with E-state index < -0.39 is 0 Å². The maximum absolute atomic E-state index is 12.8. The molecule has 0 radical (unpaired) electrons. The van der Waals surface area contributed by atoms with Gasteiger partial charge in [-0.3, -0.25) is 4.79 Å². The second-order valence-corrected chi connectivity index (χ2v) is 5.52. The van der Waals surface area contributed by atoms with E-state index in [-0.39, 0.29) is 11.9 Å². The average molecular weight is 312 g/mol. The molecular weight excluding hydrogens is 292 g/mol. The average Bonchev–Trinajstić information content (AvgIpc) is 3.11. The normalized spacial score (nSPS) is 17.1. The molecular formula is C18H20N2O3. The van der Waals surface area contributed by atoms with Gasteiger partial charge >= 0.3 is 0 Å². The molecule has 0 aliphatic carbocycles. The fraction of sp³-hybridized carbons (Fsp3) is 0.333. The molecule has 3 rings (SSSR count). The van der Waals surface area contributed by atoms with Crippen molar-refractivity contribution in [2.75, 3.05) is 20.8 Å². The van der Waals surface area contributed by atoms with Gasteiger partial charge in [-0.05, 0) is 36.6 Å². The van der Waals surface area contributed by atoms with E-state index in [1.807, 2.05) is 29.2 Å². The number of hydrogen-bond acceptors (Lipinski definition) is 4. The number of ether oxygens (including phenoxy) is 2. The minimum atomic E-state index is 0.00507. The summed E-state index contributed by atoms with van der Waals surface area (Å²) in [5.41, 5.74) is 1.69. The summed E-state index contributed by atoms with van der Waals surface area (Å²) in [5.74, 6) is 1.32. The number of carbonyl (C=O) groups is 1. The van der Waals surface area contributed by atoms with Crippen LogP contribution in [0.3, 0.4) is 0 Å². The molecule has 5 nitrogen and oxygen atoms in total. The van der Waals surface area contributed by atoms with Gasteiger partial charge in [0.25, 0.3) is 5.91 Å². The molecule has 1 amide bonds. The fourth-order valence-electron chi connectivity index (χ4n) is 3.00. The Hall–Kier alpha value is -2.56. The first-order valence-electron chi connectivity index (χ1n) is 7.68. The zero-order valence-electron chi connectivity index (χ0n) is 13.4. The van der Waals surface area contributed by atoms with Crippen molar-refractivity contribution in [2.24, 2.45) is 0 Å². The second kappa shape index (κ2) is 6.69. The Balaban J connectivity index is 1.83. The topological polar surface area (TPSA) is 51.7 Å². The van der Waals surface area contributed by atoms with Crippen LogP contribution >= 0.6 is 0 Å². The zero-order valence-corrected chi connectivity index (χ0v) is 13.4. The lowest BCUT2D eigenvalue weighted by molar-refractivity contribution is 0.0735. The molecule has 23 heavy (non-hydrogen) atoms. The Labute approximate surface area is 135 Å². The van der Waals surface area contributed by atoms with Gasteiger partial charge in [0.2, 0.25) is 5.88 Å². The summed E-state index contributed by atoms with van der Waals surface area (Å²) in [6, 6.07) is 11.5. The molecule has 2 aromatic rings. The molecule has 1 aliphatic heterocycles. The van der Waals surface area contributed by atoms with E-state index >= 15 is 0 Å². The predicted molar refractivity (Wildman–Crippen MR) is 86.8 cm³/mol. The molecule has 120 valence electrons. The van der Waals surface area contributed by atoms with Crippen molar-refractivity contribution in [1.82, 2.24) is 9.88 Å². The Morgan fingerprint density at radius 1 is 1.22 bits per heavy atom. The third-order valence-corrected chi connectivity index (χ3v) is 4.18. The highest BCUT2D eigenvalue weighted by molar-refractivity contribution is 5.94. The molecule has 0 spiro atoms. The van der Waals surface area contributed by atoms with Crippen molar-refractivity contribution >= 4 is 5.91 Å². The third kappa shape index (κ3) is 3.13. The van der Waals surface area contributed by atoms with E-state index in [9.17, 15) is 4.79 Å². The standard InChI is InChI=1S/C18H20N2O3/c1-22-15-6-3-5-13(11-15)16-7-4-10-20(16)18(21)14-8-9-17(23-2)19-12-14/h3,5-6,8-9,11-12,16H,4,7,10H2,1-2H3/t16-/m1/s1. The van der Waals surface area contributed by atoms with Gasteiger partial charge in [-0.2, -0.15) is 0 Å². The highest BCUT2D eigenvalue weighted by atomic mass is 16.5. The van der Waals surface area contributed by atoms with Gasteiger partial charge in [0.05, 0.1) is 25.8 Å². The summed E-state index contributed by atoms with van der Waals surface area (Å²) in [6.45, 7) is 0.757. The molecule has 1 aromatic carbocycles. The Bertz CT molecular complexity index is 685. The van der Waals surface area contributed by atoms with E-state index in [0.717, 1.165) is 30.7 Å². The molecule has 5 heteroatoms. The van der Waals surface area contributed by atoms with Gasteiger partial charge < -0.3 is 14.4 Å². The Morgan fingerprint density at radius 3 is 2.78 bits per heavy atom. The first kappa shape index (κ1) is 15.3. The summed E-state index contributed by atoms with van der Waals surface area (Å²) < 4.78 is 10.3. The van der Waals surface area contributed by atoms with Gasteiger partial charge in [0, 0.05) is 18.8 Å². The van der Waals surface area contributed by atoms with E-state index in [4.69, 9.17) is 9.47 Å². The van der Waals surface area contributed by atoms with E-state index in [1.165, 1.54) is 0 Å². The van der Waals surface area contributed by atoms with Crippen molar-refractivity contribution in [1.29, 1.82) is 0 Å². The molecule has 0 saturated carbocycles. The lowest BCUT2D eigenvalue weighted by Crippen LogP contribution is -2.30. The molecule has 0 bridgehead atoms. The van der Waals surface area contributed by atoms with E-state index in [1.54, 1.807) is 32.5 Å². The second-order valence-electron chi connectivity index (χ2n) is 5.52. The van der Waals surface area contributed by atoms with Gasteiger partial charge in [0.15, 0.2) is 0 Å². The number of pyridine rings is 1. The van der Waals surface area contributed by atoms with Crippen molar-refractivity contribution in [3.8, 4) is 11.6 Å². The summed E-state index contributed by atoms with van der Waals surface area (Å²) >= 11 is 0. The molecule has 2 heterocycles. The quantitative estimate of drug-likeness (QED) is 0.870. The number of methoxy groups -OCH3 is 2. The smallest absolute Gasteiger partial charge is 0.255 e. The van der Waals surface area contributed by atoms with Crippen molar-refractivity contribution in [3.63, 3.8) is 0 Å². The molecule has 1 fully saturated rings. The Kier molecular flexibility index (Phi) is 4.46. The number of carbonyl (C=O) groups excluding carboxylic acids is 1. The largest absolute Gasteiger partial charge is 0.497 e. The van der Waals surface area contributed by atoms with Crippen LogP contribution in [0.25, 0.3) is 0 Å². The maximum Gasteiger partial charge on any atom is 0.255 e. The summed E-state index contributed by atoms with van der Waals surface area (Å²) in [6.07, 6.45) is 3.53. The number of aromatic nitrogens is 1. The van der Waals surface area contributed by atoms with Gasteiger partial charge in [-0.1, -0.05) is 12.1 Å². The van der Waals surface area contributed by atoms with Crippen LogP contribution in [0.5, 0.6) is 11.6 Å². The van der Waals surface area contributed by atoms with Crippen LogP contribution in [0.2, 0.25) is 0 Å². The van der Waals surface area contributed by atoms with Crippen LogP contribution in [-0.4, -0.2) is 36.6 Å². The summed E-state index contributed by atoms with van der Waals surface area (Å²) in [7, 11) is 3.21. The number of amides is 1. The van der Waals surface area contributed by atoms with Gasteiger partial charge in [0.1, 0.15) is 5.75 Å². The van der Waals surface area contributed by atoms with Crippen molar-refractivity contribution in [3.05, 3.63) is 53.7 Å². The fourth-order valence-corrected chi connectivity index (χ4v) is 3.00. The monoisotopic (exact) mass is 312 g/mol. The molecule has 1 saturated heterocycles. The van der Waals surface area contributed by atoms with Crippen LogP contribution in [0, 0.1) is 0 Å². The summed E-state index contributed by atoms with van der Waals surface area (Å²) in [5, 5.41) is 0. The van der Waals surface area contributed by atoms with Gasteiger partial charge in [-0.15, -0.1) is 0 Å². The molecule has 0 unspecified atom stereocenters. The van der Waals surface area contributed by atoms with Crippen molar-refractivity contribution < 1.29 is 14.3 Å². The van der Waals surface area contributed by atoms with E-state index in [0.29, 0.717) is 11.4 Å². The number of benzene rings is 1. The molecule has 1 atom stereocenters. The highest BCUT2D eigenvalue weighted by Crippen LogP contribution is 2.34. The minimum absolute atomic E-state index is 0.00507. The van der Waals surface area contributed by atoms with Crippen LogP contribution < -0.4 is 9.47 Å². The number of nitrogens with zero attached hydrogens (tertiary/aromatic N) is 2. The predicted octanol–water partition coefficient (Wildman–Crippen LogP) is 3.08. The van der Waals surface area contributed by atoms with Gasteiger partial charge in [-0.25, -0.2) is 4.98 Å². The molecule has 0 N–H and O–H groups in total. The third-order valence-electron chi connectivity index (χ3n) is 4.18. The minimum Gasteiger partial charge on any atom is -0.497 e. The first-order valence-corrected chi connectivity index (χ1v) is 7.68. The lowest BCUT2D eigenvalue weighted by Gasteiger charge is -2.25. The number of likely N-dealkylation sites (tertiary alicyclic amines) is 1.